The number of benzene rings is 1. The van der Waals surface area contributed by atoms with Gasteiger partial charge in [-0.05, 0) is 42.9 Å². The van der Waals surface area contributed by atoms with E-state index in [9.17, 15) is 4.79 Å². The van der Waals surface area contributed by atoms with E-state index in [1.165, 1.54) is 24.7 Å². The number of carbonyl (C=O) groups is 1. The van der Waals surface area contributed by atoms with E-state index in [0.29, 0.717) is 12.1 Å². The highest BCUT2D eigenvalue weighted by atomic mass is 16.5. The molecule has 0 amide bonds. The normalized spacial score (nSPS) is 31.2. The summed E-state index contributed by atoms with van der Waals surface area (Å²) >= 11 is 0. The minimum atomic E-state index is -0.0490. The molecule has 23 heavy (non-hydrogen) atoms. The number of hydrogen-bond donors (Lipinski definition) is 0. The molecule has 1 aromatic carbocycles. The van der Waals surface area contributed by atoms with E-state index in [1.54, 1.807) is 0 Å². The van der Waals surface area contributed by atoms with Gasteiger partial charge in [0, 0.05) is 18.0 Å². The Hall–Kier alpha value is -1.35. The van der Waals surface area contributed by atoms with E-state index < -0.39 is 0 Å². The van der Waals surface area contributed by atoms with Crippen LogP contribution in [0.5, 0.6) is 0 Å². The Morgan fingerprint density at radius 3 is 2.39 bits per heavy atom. The van der Waals surface area contributed by atoms with Gasteiger partial charge < -0.3 is 4.74 Å². The minimum absolute atomic E-state index is 0.0377. The van der Waals surface area contributed by atoms with Crippen molar-refractivity contribution in [3.63, 3.8) is 0 Å². The van der Waals surface area contributed by atoms with Crippen molar-refractivity contribution in [3.05, 3.63) is 35.4 Å². The molecule has 3 rings (SSSR count). The van der Waals surface area contributed by atoms with Gasteiger partial charge in [-0.15, -0.1) is 0 Å². The Bertz CT molecular complexity index is 572. The fourth-order valence-electron chi connectivity index (χ4n) is 4.50. The van der Waals surface area contributed by atoms with E-state index in [4.69, 9.17) is 4.74 Å². The molecule has 0 saturated carbocycles. The molecule has 4 atom stereocenters. The quantitative estimate of drug-likeness (QED) is 0.779. The molecule has 2 heterocycles. The second-order valence-corrected chi connectivity index (χ2v) is 8.23. The largest absolute Gasteiger partial charge is 0.469 e. The fraction of sp³-hybridized carbons (Fsp3) is 0.650. The lowest BCUT2D eigenvalue weighted by Gasteiger charge is -2.41. The van der Waals surface area contributed by atoms with E-state index in [-0.39, 0.29) is 23.2 Å². The summed E-state index contributed by atoms with van der Waals surface area (Å²) in [7, 11) is 3.68. The van der Waals surface area contributed by atoms with Gasteiger partial charge in [0.15, 0.2) is 0 Å². The third kappa shape index (κ3) is 2.91. The van der Waals surface area contributed by atoms with Crippen LogP contribution in [0.4, 0.5) is 0 Å². The van der Waals surface area contributed by atoms with Crippen molar-refractivity contribution >= 4 is 5.97 Å². The first-order chi connectivity index (χ1) is 10.8. The number of carbonyl (C=O) groups excluding carboxylic acids is 1. The number of fused-ring (bicyclic) bond motifs is 2. The third-order valence-corrected chi connectivity index (χ3v) is 5.95. The molecular weight excluding hydrogens is 286 g/mol. The lowest BCUT2D eigenvalue weighted by atomic mass is 9.75. The van der Waals surface area contributed by atoms with E-state index in [1.807, 2.05) is 0 Å². The second kappa shape index (κ2) is 5.94. The maximum atomic E-state index is 12.5. The van der Waals surface area contributed by atoms with Crippen molar-refractivity contribution in [1.82, 2.24) is 4.90 Å². The Morgan fingerprint density at radius 1 is 1.17 bits per heavy atom. The number of rotatable bonds is 2. The number of nitrogens with zero attached hydrogens (tertiary/aromatic N) is 1. The van der Waals surface area contributed by atoms with Gasteiger partial charge in [0.25, 0.3) is 0 Å². The second-order valence-electron chi connectivity index (χ2n) is 8.23. The molecule has 0 aromatic heterocycles. The van der Waals surface area contributed by atoms with Gasteiger partial charge >= 0.3 is 5.97 Å². The monoisotopic (exact) mass is 315 g/mol. The molecule has 1 aromatic rings. The predicted octanol–water partition coefficient (Wildman–Crippen LogP) is 3.72. The van der Waals surface area contributed by atoms with Crippen molar-refractivity contribution in [2.45, 2.75) is 63.5 Å². The van der Waals surface area contributed by atoms with Crippen molar-refractivity contribution < 1.29 is 9.53 Å². The van der Waals surface area contributed by atoms with E-state index in [2.05, 4.69) is 57.0 Å². The van der Waals surface area contributed by atoms with Gasteiger partial charge in [0.1, 0.15) is 0 Å². The molecule has 2 saturated heterocycles. The molecular formula is C20H29NO2. The van der Waals surface area contributed by atoms with Gasteiger partial charge in [-0.2, -0.15) is 0 Å². The van der Waals surface area contributed by atoms with Gasteiger partial charge in [0.2, 0.25) is 0 Å². The van der Waals surface area contributed by atoms with Crippen LogP contribution in [0.2, 0.25) is 0 Å². The maximum Gasteiger partial charge on any atom is 0.310 e. The molecule has 0 N–H and O–H groups in total. The highest BCUT2D eigenvalue weighted by Crippen LogP contribution is 2.46. The molecule has 0 spiro atoms. The summed E-state index contributed by atoms with van der Waals surface area (Å²) in [5, 5.41) is 0. The topological polar surface area (TPSA) is 29.5 Å². The van der Waals surface area contributed by atoms with Crippen molar-refractivity contribution in [2.24, 2.45) is 5.92 Å². The number of methoxy groups -OCH3 is 1. The molecule has 0 aliphatic carbocycles. The van der Waals surface area contributed by atoms with Crippen LogP contribution in [-0.4, -0.2) is 37.1 Å². The van der Waals surface area contributed by atoms with Crippen LogP contribution >= 0.6 is 0 Å². The average Bonchev–Trinajstić information content (AvgIpc) is 2.75. The highest BCUT2D eigenvalue weighted by Gasteiger charge is 2.49. The van der Waals surface area contributed by atoms with Crippen LogP contribution in [0.15, 0.2) is 24.3 Å². The smallest absolute Gasteiger partial charge is 0.310 e. The molecule has 2 bridgehead atoms. The summed E-state index contributed by atoms with van der Waals surface area (Å²) in [6.45, 7) is 6.69. The molecule has 2 aliphatic heterocycles. The van der Waals surface area contributed by atoms with Gasteiger partial charge in [0.05, 0.1) is 13.0 Å². The predicted molar refractivity (Wildman–Crippen MR) is 92.6 cm³/mol. The Morgan fingerprint density at radius 2 is 1.83 bits per heavy atom. The standard InChI is InChI=1S/C20H29NO2/c1-20(2,3)14-8-6-13(7-9-14)16-12-15-10-11-17(21(15)4)18(16)19(22)23-5/h6-9,15-18H,10-12H2,1-5H3/t15-,16+,17+,18-/m1/s1. The Labute approximate surface area is 140 Å². The van der Waals surface area contributed by atoms with Gasteiger partial charge in [-0.3, -0.25) is 9.69 Å². The maximum absolute atomic E-state index is 12.5. The highest BCUT2D eigenvalue weighted by molar-refractivity contribution is 5.75. The molecule has 3 heteroatoms. The van der Waals surface area contributed by atoms with Crippen molar-refractivity contribution in [2.75, 3.05) is 14.2 Å². The first-order valence-electron chi connectivity index (χ1n) is 8.73. The van der Waals surface area contributed by atoms with Crippen LogP contribution in [-0.2, 0) is 14.9 Å². The molecule has 0 radical (unpaired) electrons. The van der Waals surface area contributed by atoms with Gasteiger partial charge in [-0.1, -0.05) is 45.0 Å². The summed E-state index contributed by atoms with van der Waals surface area (Å²) in [4.78, 5) is 14.9. The fourth-order valence-corrected chi connectivity index (χ4v) is 4.50. The van der Waals surface area contributed by atoms with Crippen molar-refractivity contribution in [1.29, 1.82) is 0 Å². The molecule has 0 unspecified atom stereocenters. The van der Waals surface area contributed by atoms with Crippen LogP contribution < -0.4 is 0 Å². The number of esters is 1. The molecule has 2 fully saturated rings. The zero-order valence-electron chi connectivity index (χ0n) is 15.0. The van der Waals surface area contributed by atoms with Crippen LogP contribution in [0.25, 0.3) is 0 Å². The molecule has 2 aliphatic rings. The van der Waals surface area contributed by atoms with Crippen LogP contribution in [0, 0.1) is 5.92 Å². The van der Waals surface area contributed by atoms with Crippen LogP contribution in [0.1, 0.15) is 57.1 Å². The number of ether oxygens (including phenoxy) is 1. The Kier molecular flexibility index (Phi) is 4.26. The third-order valence-electron chi connectivity index (χ3n) is 5.95. The lowest BCUT2D eigenvalue weighted by molar-refractivity contribution is -0.150. The number of piperidine rings is 1. The van der Waals surface area contributed by atoms with E-state index in [0.717, 1.165) is 12.8 Å². The minimum Gasteiger partial charge on any atom is -0.469 e. The summed E-state index contributed by atoms with van der Waals surface area (Å²) in [5.41, 5.74) is 2.79. The summed E-state index contributed by atoms with van der Waals surface area (Å²) in [5.74, 6) is 0.196. The zero-order chi connectivity index (χ0) is 16.8. The summed E-state index contributed by atoms with van der Waals surface area (Å²) < 4.78 is 5.15. The Balaban J connectivity index is 1.92. The van der Waals surface area contributed by atoms with Crippen LogP contribution in [0.3, 0.4) is 0 Å². The summed E-state index contributed by atoms with van der Waals surface area (Å²) in [6.07, 6.45) is 3.37. The lowest BCUT2D eigenvalue weighted by Crippen LogP contribution is -2.49. The molecule has 3 nitrogen and oxygen atoms in total. The number of hydrogen-bond acceptors (Lipinski definition) is 3. The first kappa shape index (κ1) is 16.5. The summed E-state index contributed by atoms with van der Waals surface area (Å²) in [6, 6.07) is 9.84. The zero-order valence-corrected chi connectivity index (χ0v) is 15.0. The SMILES string of the molecule is COC(=O)[C@@H]1[C@H](c2ccc(C(C)(C)C)cc2)C[C@H]2CC[C@@H]1N2C. The van der Waals surface area contributed by atoms with Gasteiger partial charge in [-0.25, -0.2) is 0 Å². The molecule has 126 valence electrons. The first-order valence-corrected chi connectivity index (χ1v) is 8.73. The average molecular weight is 315 g/mol. The van der Waals surface area contributed by atoms with Crippen molar-refractivity contribution in [3.8, 4) is 0 Å². The van der Waals surface area contributed by atoms with E-state index >= 15 is 0 Å².